The predicted molar refractivity (Wildman–Crippen MR) is 94.5 cm³/mol. The number of aliphatic hydroxyl groups excluding tert-OH is 1. The molecule has 1 aliphatic heterocycles. The molecule has 7 heteroatoms. The molecule has 0 aliphatic carbocycles. The third kappa shape index (κ3) is 4.05. The molecule has 7 nitrogen and oxygen atoms in total. The fourth-order valence-electron chi connectivity index (χ4n) is 3.62. The van der Waals surface area contributed by atoms with Crippen LogP contribution in [0.15, 0.2) is 36.9 Å². The molecule has 0 saturated carbocycles. The van der Waals surface area contributed by atoms with Crippen molar-refractivity contribution in [3.8, 4) is 5.69 Å². The summed E-state index contributed by atoms with van der Waals surface area (Å²) in [6, 6.07) is 7.43. The lowest BCUT2D eigenvalue weighted by Crippen LogP contribution is -2.47. The topological polar surface area (TPSA) is 74.5 Å². The summed E-state index contributed by atoms with van der Waals surface area (Å²) < 4.78 is 1.61. The van der Waals surface area contributed by atoms with Crippen LogP contribution in [-0.2, 0) is 0 Å². The molecule has 1 fully saturated rings. The van der Waals surface area contributed by atoms with E-state index in [2.05, 4.69) is 15.0 Å². The monoisotopic (exact) mass is 343 g/mol. The molecule has 134 valence electrons. The molecule has 0 bridgehead atoms. The predicted octanol–water partition coefficient (Wildman–Crippen LogP) is 0.899. The molecular formula is C18H25N5O2. The number of hydrogen-bond acceptors (Lipinski definition) is 5. The highest BCUT2D eigenvalue weighted by Crippen LogP contribution is 2.25. The number of hydrogen-bond donors (Lipinski definition) is 1. The fourth-order valence-corrected chi connectivity index (χ4v) is 3.62. The van der Waals surface area contributed by atoms with Gasteiger partial charge < -0.3 is 14.9 Å². The highest BCUT2D eigenvalue weighted by atomic mass is 16.3. The van der Waals surface area contributed by atoms with Gasteiger partial charge in [-0.15, -0.1) is 0 Å². The Morgan fingerprint density at radius 2 is 2.04 bits per heavy atom. The highest BCUT2D eigenvalue weighted by molar-refractivity contribution is 5.97. The van der Waals surface area contributed by atoms with Gasteiger partial charge in [-0.1, -0.05) is 12.1 Å². The van der Waals surface area contributed by atoms with Gasteiger partial charge in [-0.2, -0.15) is 5.10 Å². The van der Waals surface area contributed by atoms with Crippen LogP contribution in [0.5, 0.6) is 0 Å². The number of amides is 1. The van der Waals surface area contributed by atoms with Gasteiger partial charge in [0, 0.05) is 26.2 Å². The van der Waals surface area contributed by atoms with Crippen molar-refractivity contribution < 1.29 is 9.90 Å². The summed E-state index contributed by atoms with van der Waals surface area (Å²) in [5.74, 6) is 0.470. The van der Waals surface area contributed by atoms with E-state index in [1.54, 1.807) is 11.0 Å². The molecule has 1 N–H and O–H groups in total. The van der Waals surface area contributed by atoms with Gasteiger partial charge in [0.1, 0.15) is 12.7 Å². The molecule has 1 saturated heterocycles. The molecule has 1 aromatic heterocycles. The first-order valence-corrected chi connectivity index (χ1v) is 8.57. The first-order chi connectivity index (χ1) is 12.1. The average Bonchev–Trinajstić information content (AvgIpc) is 3.14. The van der Waals surface area contributed by atoms with Crippen LogP contribution >= 0.6 is 0 Å². The lowest BCUT2D eigenvalue weighted by atomic mass is 9.89. The second kappa shape index (κ2) is 7.76. The number of rotatable bonds is 5. The number of piperidine rings is 1. The van der Waals surface area contributed by atoms with Crippen LogP contribution in [0, 0.1) is 11.8 Å². The zero-order valence-corrected chi connectivity index (χ0v) is 14.7. The summed E-state index contributed by atoms with van der Waals surface area (Å²) >= 11 is 0. The van der Waals surface area contributed by atoms with Crippen LogP contribution in [0.25, 0.3) is 5.69 Å². The minimum atomic E-state index is -0.0204. The van der Waals surface area contributed by atoms with Crippen LogP contribution in [0.4, 0.5) is 0 Å². The minimum Gasteiger partial charge on any atom is -0.396 e. The Morgan fingerprint density at radius 3 is 2.72 bits per heavy atom. The van der Waals surface area contributed by atoms with Gasteiger partial charge in [-0.3, -0.25) is 4.79 Å². The molecule has 1 aliphatic rings. The molecule has 0 radical (unpaired) electrons. The van der Waals surface area contributed by atoms with Crippen molar-refractivity contribution in [2.75, 3.05) is 40.3 Å². The first-order valence-electron chi connectivity index (χ1n) is 8.57. The number of aromatic nitrogens is 3. The summed E-state index contributed by atoms with van der Waals surface area (Å²) in [6.45, 7) is 2.31. The summed E-state index contributed by atoms with van der Waals surface area (Å²) in [7, 11) is 4.07. The molecule has 1 aromatic carbocycles. The van der Waals surface area contributed by atoms with Crippen LogP contribution in [0.2, 0.25) is 0 Å². The molecule has 2 atom stereocenters. The Bertz CT molecular complexity index is 701. The number of carbonyl (C=O) groups is 1. The van der Waals surface area contributed by atoms with Crippen molar-refractivity contribution in [2.45, 2.75) is 6.42 Å². The van der Waals surface area contributed by atoms with Gasteiger partial charge in [0.2, 0.25) is 0 Å². The van der Waals surface area contributed by atoms with Crippen LogP contribution in [-0.4, -0.2) is 75.9 Å². The van der Waals surface area contributed by atoms with Crippen molar-refractivity contribution in [3.05, 3.63) is 42.5 Å². The molecule has 1 amide bonds. The average molecular weight is 343 g/mol. The maximum atomic E-state index is 13.2. The molecule has 0 unspecified atom stereocenters. The van der Waals surface area contributed by atoms with Gasteiger partial charge >= 0.3 is 0 Å². The summed E-state index contributed by atoms with van der Waals surface area (Å²) in [4.78, 5) is 21.2. The standard InChI is InChI=1S/C18H25N5O2/c1-21(2)8-14-7-15(11-24)10-22(9-14)18(25)16-5-3-4-6-17(16)23-13-19-12-20-23/h3-6,12-15,24H,7-11H2,1-2H3/t14-,15-/m0/s1. The van der Waals surface area contributed by atoms with Gasteiger partial charge in [0.25, 0.3) is 5.91 Å². The first kappa shape index (κ1) is 17.6. The summed E-state index contributed by atoms with van der Waals surface area (Å²) in [6.07, 6.45) is 3.99. The smallest absolute Gasteiger partial charge is 0.256 e. The Balaban J connectivity index is 1.85. The van der Waals surface area contributed by atoms with Crippen LogP contribution in [0.1, 0.15) is 16.8 Å². The van der Waals surface area contributed by atoms with Crippen molar-refractivity contribution in [3.63, 3.8) is 0 Å². The number of aliphatic hydroxyl groups is 1. The highest BCUT2D eigenvalue weighted by Gasteiger charge is 2.31. The number of benzene rings is 1. The van der Waals surface area contributed by atoms with Crippen LogP contribution < -0.4 is 0 Å². The lowest BCUT2D eigenvalue weighted by molar-refractivity contribution is 0.0477. The third-order valence-corrected chi connectivity index (χ3v) is 4.59. The molecular weight excluding hydrogens is 318 g/mol. The maximum absolute atomic E-state index is 13.2. The second-order valence-corrected chi connectivity index (χ2v) is 6.98. The van der Waals surface area contributed by atoms with Gasteiger partial charge in [0.05, 0.1) is 11.3 Å². The lowest BCUT2D eigenvalue weighted by Gasteiger charge is -2.38. The molecule has 25 heavy (non-hydrogen) atoms. The van der Waals surface area contributed by atoms with E-state index >= 15 is 0 Å². The van der Waals surface area contributed by atoms with E-state index in [9.17, 15) is 9.90 Å². The zero-order chi connectivity index (χ0) is 17.8. The summed E-state index contributed by atoms with van der Waals surface area (Å²) in [5.41, 5.74) is 1.33. The van der Waals surface area contributed by atoms with Gasteiger partial charge in [-0.25, -0.2) is 9.67 Å². The van der Waals surface area contributed by atoms with E-state index in [4.69, 9.17) is 0 Å². The second-order valence-electron chi connectivity index (χ2n) is 6.98. The van der Waals surface area contributed by atoms with E-state index in [0.717, 1.165) is 18.7 Å². The fraction of sp³-hybridized carbons (Fsp3) is 0.500. The van der Waals surface area contributed by atoms with Crippen LogP contribution in [0.3, 0.4) is 0 Å². The van der Waals surface area contributed by atoms with Crippen molar-refractivity contribution in [1.29, 1.82) is 0 Å². The molecule has 2 aromatic rings. The van der Waals surface area contributed by atoms with E-state index in [-0.39, 0.29) is 18.4 Å². The minimum absolute atomic E-state index is 0.0204. The van der Waals surface area contributed by atoms with E-state index in [1.165, 1.54) is 6.33 Å². The SMILES string of the molecule is CN(C)C[C@@H]1C[C@H](CO)CN(C(=O)c2ccccc2-n2cncn2)C1. The Hall–Kier alpha value is -2.25. The van der Waals surface area contributed by atoms with Crippen molar-refractivity contribution >= 4 is 5.91 Å². The van der Waals surface area contributed by atoms with E-state index < -0.39 is 0 Å². The largest absolute Gasteiger partial charge is 0.396 e. The van der Waals surface area contributed by atoms with Gasteiger partial charge in [-0.05, 0) is 44.5 Å². The van der Waals surface area contributed by atoms with Crippen molar-refractivity contribution in [1.82, 2.24) is 24.6 Å². The Labute approximate surface area is 147 Å². The normalized spacial score (nSPS) is 20.9. The number of carbonyl (C=O) groups excluding carboxylic acids is 1. The molecule has 3 rings (SSSR count). The van der Waals surface area contributed by atoms with E-state index in [1.807, 2.05) is 43.3 Å². The molecule has 2 heterocycles. The zero-order valence-electron chi connectivity index (χ0n) is 14.7. The molecule has 0 spiro atoms. The third-order valence-electron chi connectivity index (χ3n) is 4.59. The van der Waals surface area contributed by atoms with E-state index in [0.29, 0.717) is 24.6 Å². The Morgan fingerprint density at radius 1 is 1.28 bits per heavy atom. The van der Waals surface area contributed by atoms with Gasteiger partial charge in [0.15, 0.2) is 0 Å². The number of para-hydroxylation sites is 1. The quantitative estimate of drug-likeness (QED) is 0.873. The number of likely N-dealkylation sites (tertiary alicyclic amines) is 1. The summed E-state index contributed by atoms with van der Waals surface area (Å²) in [5, 5.41) is 13.8. The number of nitrogens with zero attached hydrogens (tertiary/aromatic N) is 5. The maximum Gasteiger partial charge on any atom is 0.256 e. The van der Waals surface area contributed by atoms with Crippen molar-refractivity contribution in [2.24, 2.45) is 11.8 Å². The Kier molecular flexibility index (Phi) is 5.45.